The van der Waals surface area contributed by atoms with Crippen LogP contribution in [0.3, 0.4) is 0 Å². The maximum Gasteiger partial charge on any atom is 0.338 e. The molecular weight excluding hydrogens is 248 g/mol. The standard InChI is InChI=1S/C18H20O2/c1-13(2)12-20-18(19)17-10-8-16(9-11-17)15-6-4-14(3)5-7-15/h4-11,13H,12H2,1-3H3. The first kappa shape index (κ1) is 14.3. The molecule has 0 N–H and O–H groups in total. The number of hydrogen-bond donors (Lipinski definition) is 0. The van der Waals surface area contributed by atoms with E-state index in [1.807, 2.05) is 38.1 Å². The minimum absolute atomic E-state index is 0.255. The summed E-state index contributed by atoms with van der Waals surface area (Å²) in [6.45, 7) is 6.57. The first-order valence-corrected chi connectivity index (χ1v) is 6.90. The Morgan fingerprint density at radius 3 is 1.95 bits per heavy atom. The predicted molar refractivity (Wildman–Crippen MR) is 81.7 cm³/mol. The van der Waals surface area contributed by atoms with Crippen molar-refractivity contribution >= 4 is 5.97 Å². The maximum atomic E-state index is 11.8. The number of rotatable bonds is 4. The van der Waals surface area contributed by atoms with Gasteiger partial charge in [0.2, 0.25) is 0 Å². The van der Waals surface area contributed by atoms with Crippen LogP contribution in [0.15, 0.2) is 48.5 Å². The number of esters is 1. The van der Waals surface area contributed by atoms with E-state index in [0.29, 0.717) is 18.1 Å². The molecule has 0 aliphatic heterocycles. The van der Waals surface area contributed by atoms with Crippen molar-refractivity contribution in [1.29, 1.82) is 0 Å². The lowest BCUT2D eigenvalue weighted by molar-refractivity contribution is 0.0459. The molecule has 0 bridgehead atoms. The Hall–Kier alpha value is -2.09. The van der Waals surface area contributed by atoms with Gasteiger partial charge in [-0.05, 0) is 36.1 Å². The lowest BCUT2D eigenvalue weighted by atomic mass is 10.0. The van der Waals surface area contributed by atoms with Gasteiger partial charge in [0.15, 0.2) is 0 Å². The van der Waals surface area contributed by atoms with Crippen molar-refractivity contribution in [2.24, 2.45) is 5.92 Å². The lowest BCUT2D eigenvalue weighted by Gasteiger charge is -2.08. The van der Waals surface area contributed by atoms with E-state index in [4.69, 9.17) is 4.74 Å². The van der Waals surface area contributed by atoms with Crippen LogP contribution in [0, 0.1) is 12.8 Å². The van der Waals surface area contributed by atoms with E-state index in [2.05, 4.69) is 31.2 Å². The molecule has 0 radical (unpaired) electrons. The van der Waals surface area contributed by atoms with E-state index < -0.39 is 0 Å². The van der Waals surface area contributed by atoms with Crippen LogP contribution in [-0.4, -0.2) is 12.6 Å². The normalized spacial score (nSPS) is 10.6. The van der Waals surface area contributed by atoms with Crippen LogP contribution >= 0.6 is 0 Å². The molecule has 0 unspecified atom stereocenters. The minimum Gasteiger partial charge on any atom is -0.462 e. The van der Waals surface area contributed by atoms with Gasteiger partial charge >= 0.3 is 5.97 Å². The zero-order chi connectivity index (χ0) is 14.5. The molecule has 0 atom stereocenters. The second kappa shape index (κ2) is 6.38. The molecule has 2 rings (SSSR count). The molecule has 0 saturated heterocycles. The number of carbonyl (C=O) groups excluding carboxylic acids is 1. The van der Waals surface area contributed by atoms with Gasteiger partial charge in [-0.2, -0.15) is 0 Å². The van der Waals surface area contributed by atoms with Crippen molar-refractivity contribution in [3.63, 3.8) is 0 Å². The molecule has 0 aliphatic rings. The fraction of sp³-hybridized carbons (Fsp3) is 0.278. The van der Waals surface area contributed by atoms with Crippen LogP contribution in [-0.2, 0) is 4.74 Å². The Labute approximate surface area is 120 Å². The van der Waals surface area contributed by atoms with Crippen LogP contribution in [0.5, 0.6) is 0 Å². The molecule has 2 aromatic rings. The Morgan fingerprint density at radius 2 is 1.45 bits per heavy atom. The molecule has 2 aromatic carbocycles. The van der Waals surface area contributed by atoms with Crippen molar-refractivity contribution in [3.8, 4) is 11.1 Å². The maximum absolute atomic E-state index is 11.8. The van der Waals surface area contributed by atoms with E-state index in [9.17, 15) is 4.79 Å². The summed E-state index contributed by atoms with van der Waals surface area (Å²) in [5, 5.41) is 0. The lowest BCUT2D eigenvalue weighted by Crippen LogP contribution is -2.09. The molecule has 0 amide bonds. The second-order valence-corrected chi connectivity index (χ2v) is 5.44. The average molecular weight is 268 g/mol. The summed E-state index contributed by atoms with van der Waals surface area (Å²) >= 11 is 0. The van der Waals surface area contributed by atoms with Crippen molar-refractivity contribution in [2.75, 3.05) is 6.61 Å². The summed E-state index contributed by atoms with van der Waals surface area (Å²) < 4.78 is 5.21. The van der Waals surface area contributed by atoms with Gasteiger partial charge in [0.05, 0.1) is 12.2 Å². The van der Waals surface area contributed by atoms with Gasteiger partial charge < -0.3 is 4.74 Å². The van der Waals surface area contributed by atoms with Gasteiger partial charge in [-0.25, -0.2) is 4.79 Å². The quantitative estimate of drug-likeness (QED) is 0.764. The molecule has 104 valence electrons. The first-order valence-electron chi connectivity index (χ1n) is 6.90. The molecule has 0 aromatic heterocycles. The molecule has 2 nitrogen and oxygen atoms in total. The largest absolute Gasteiger partial charge is 0.462 e. The third-order valence-corrected chi connectivity index (χ3v) is 3.05. The van der Waals surface area contributed by atoms with Crippen LogP contribution in [0.4, 0.5) is 0 Å². The SMILES string of the molecule is Cc1ccc(-c2ccc(C(=O)OCC(C)C)cc2)cc1. The van der Waals surface area contributed by atoms with E-state index in [1.165, 1.54) is 5.56 Å². The molecule has 20 heavy (non-hydrogen) atoms. The van der Waals surface area contributed by atoms with Crippen LogP contribution in [0.1, 0.15) is 29.8 Å². The van der Waals surface area contributed by atoms with Crippen LogP contribution in [0.25, 0.3) is 11.1 Å². The van der Waals surface area contributed by atoms with E-state index >= 15 is 0 Å². The van der Waals surface area contributed by atoms with Crippen molar-refractivity contribution in [1.82, 2.24) is 0 Å². The van der Waals surface area contributed by atoms with Crippen molar-refractivity contribution < 1.29 is 9.53 Å². The predicted octanol–water partition coefficient (Wildman–Crippen LogP) is 4.47. The highest BCUT2D eigenvalue weighted by molar-refractivity contribution is 5.90. The Balaban J connectivity index is 2.10. The van der Waals surface area contributed by atoms with Crippen LogP contribution < -0.4 is 0 Å². The minimum atomic E-state index is -0.255. The molecule has 0 saturated carbocycles. The summed E-state index contributed by atoms with van der Waals surface area (Å²) in [4.78, 5) is 11.8. The summed E-state index contributed by atoms with van der Waals surface area (Å²) in [5.74, 6) is 0.0972. The summed E-state index contributed by atoms with van der Waals surface area (Å²) in [6.07, 6.45) is 0. The molecule has 0 aliphatic carbocycles. The Bertz CT molecular complexity index is 565. The zero-order valence-corrected chi connectivity index (χ0v) is 12.2. The highest BCUT2D eigenvalue weighted by Crippen LogP contribution is 2.20. The Kier molecular flexibility index (Phi) is 4.57. The van der Waals surface area contributed by atoms with Gasteiger partial charge in [0.25, 0.3) is 0 Å². The monoisotopic (exact) mass is 268 g/mol. The number of hydrogen-bond acceptors (Lipinski definition) is 2. The van der Waals surface area contributed by atoms with E-state index in [0.717, 1.165) is 11.1 Å². The highest BCUT2D eigenvalue weighted by atomic mass is 16.5. The molecule has 0 heterocycles. The molecule has 0 fully saturated rings. The van der Waals surface area contributed by atoms with Gasteiger partial charge in [0.1, 0.15) is 0 Å². The highest BCUT2D eigenvalue weighted by Gasteiger charge is 2.08. The molecule has 0 spiro atoms. The first-order chi connectivity index (χ1) is 9.56. The summed E-state index contributed by atoms with van der Waals surface area (Å²) in [6, 6.07) is 15.9. The average Bonchev–Trinajstić information content (AvgIpc) is 2.46. The van der Waals surface area contributed by atoms with Gasteiger partial charge in [-0.1, -0.05) is 55.8 Å². The van der Waals surface area contributed by atoms with E-state index in [1.54, 1.807) is 0 Å². The summed E-state index contributed by atoms with van der Waals surface area (Å²) in [7, 11) is 0. The third-order valence-electron chi connectivity index (χ3n) is 3.05. The Morgan fingerprint density at radius 1 is 0.950 bits per heavy atom. The van der Waals surface area contributed by atoms with Gasteiger partial charge in [-0.15, -0.1) is 0 Å². The number of benzene rings is 2. The fourth-order valence-corrected chi connectivity index (χ4v) is 1.87. The van der Waals surface area contributed by atoms with Gasteiger partial charge in [-0.3, -0.25) is 0 Å². The summed E-state index contributed by atoms with van der Waals surface area (Å²) in [5.41, 5.74) is 4.09. The third kappa shape index (κ3) is 3.70. The van der Waals surface area contributed by atoms with Crippen LogP contribution in [0.2, 0.25) is 0 Å². The van der Waals surface area contributed by atoms with Crippen molar-refractivity contribution in [3.05, 3.63) is 59.7 Å². The van der Waals surface area contributed by atoms with Crippen molar-refractivity contribution in [2.45, 2.75) is 20.8 Å². The molecular formula is C18H20O2. The smallest absolute Gasteiger partial charge is 0.338 e. The second-order valence-electron chi connectivity index (χ2n) is 5.44. The number of aryl methyl sites for hydroxylation is 1. The fourth-order valence-electron chi connectivity index (χ4n) is 1.87. The van der Waals surface area contributed by atoms with Gasteiger partial charge in [0, 0.05) is 0 Å². The zero-order valence-electron chi connectivity index (χ0n) is 12.2. The molecule has 2 heteroatoms. The number of carbonyl (C=O) groups is 1. The topological polar surface area (TPSA) is 26.3 Å². The van der Waals surface area contributed by atoms with E-state index in [-0.39, 0.29) is 5.97 Å². The number of ether oxygens (including phenoxy) is 1.